The summed E-state index contributed by atoms with van der Waals surface area (Å²) >= 11 is 0. The van der Waals surface area contributed by atoms with Crippen LogP contribution in [0.25, 0.3) is 0 Å². The normalized spacial score (nSPS) is 19.7. The molecule has 1 amide bonds. The van der Waals surface area contributed by atoms with E-state index >= 15 is 0 Å². The molecule has 0 unspecified atom stereocenters. The molecule has 2 aliphatic rings. The highest BCUT2D eigenvalue weighted by molar-refractivity contribution is 7.88. The van der Waals surface area contributed by atoms with Gasteiger partial charge >= 0.3 is 0 Å². The van der Waals surface area contributed by atoms with E-state index in [0.717, 1.165) is 25.5 Å². The number of sulfonamides is 1. The summed E-state index contributed by atoms with van der Waals surface area (Å²) < 4.78 is 29.2. The van der Waals surface area contributed by atoms with Crippen LogP contribution in [0.5, 0.6) is 0 Å². The molecule has 1 aliphatic heterocycles. The molecule has 0 bridgehead atoms. The molecule has 9 heteroatoms. The maximum Gasteiger partial charge on any atom is 0.233 e. The van der Waals surface area contributed by atoms with Crippen LogP contribution in [0, 0.1) is 5.92 Å². The van der Waals surface area contributed by atoms with Crippen LogP contribution in [0.15, 0.2) is 4.52 Å². The summed E-state index contributed by atoms with van der Waals surface area (Å²) in [5, 5.41) is 3.89. The van der Waals surface area contributed by atoms with Crippen LogP contribution in [0.1, 0.15) is 36.9 Å². The van der Waals surface area contributed by atoms with Gasteiger partial charge in [-0.3, -0.25) is 4.79 Å². The van der Waals surface area contributed by atoms with E-state index in [4.69, 9.17) is 4.52 Å². The highest BCUT2D eigenvalue weighted by atomic mass is 32.2. The third kappa shape index (κ3) is 3.55. The second-order valence-electron chi connectivity index (χ2n) is 6.45. The Morgan fingerprint density at radius 2 is 2.09 bits per heavy atom. The van der Waals surface area contributed by atoms with Gasteiger partial charge < -0.3 is 9.42 Å². The minimum atomic E-state index is -3.20. The smallest absolute Gasteiger partial charge is 0.233 e. The van der Waals surface area contributed by atoms with E-state index in [1.54, 1.807) is 0 Å². The van der Waals surface area contributed by atoms with E-state index in [2.05, 4.69) is 10.1 Å². The molecule has 1 saturated carbocycles. The summed E-state index contributed by atoms with van der Waals surface area (Å²) in [7, 11) is -1.68. The number of hydrogen-bond acceptors (Lipinski definition) is 6. The van der Waals surface area contributed by atoms with Crippen molar-refractivity contribution in [1.82, 2.24) is 19.3 Å². The van der Waals surface area contributed by atoms with Gasteiger partial charge in [-0.25, -0.2) is 12.7 Å². The summed E-state index contributed by atoms with van der Waals surface area (Å²) in [6.45, 7) is 1.59. The molecule has 0 radical (unpaired) electrons. The first-order chi connectivity index (χ1) is 10.8. The molecule has 1 aliphatic carbocycles. The first-order valence-electron chi connectivity index (χ1n) is 7.87. The van der Waals surface area contributed by atoms with E-state index in [1.807, 2.05) is 4.90 Å². The molecule has 0 N–H and O–H groups in total. The molecule has 2 fully saturated rings. The fraction of sp³-hybridized carbons (Fsp3) is 0.786. The van der Waals surface area contributed by atoms with Crippen LogP contribution in [-0.4, -0.2) is 66.6 Å². The number of aromatic nitrogens is 2. The van der Waals surface area contributed by atoms with E-state index in [-0.39, 0.29) is 17.7 Å². The van der Waals surface area contributed by atoms with Gasteiger partial charge in [0.15, 0.2) is 5.82 Å². The second-order valence-corrected chi connectivity index (χ2v) is 8.54. The number of likely N-dealkylation sites (N-methyl/N-ethyl adjacent to an activating group) is 1. The van der Waals surface area contributed by atoms with Crippen molar-refractivity contribution < 1.29 is 17.7 Å². The van der Waals surface area contributed by atoms with Gasteiger partial charge in [-0.1, -0.05) is 11.6 Å². The molecular formula is C14H22N4O4S. The van der Waals surface area contributed by atoms with Crippen molar-refractivity contribution in [3.05, 3.63) is 11.7 Å². The zero-order valence-corrected chi connectivity index (χ0v) is 14.3. The molecule has 1 aromatic heterocycles. The van der Waals surface area contributed by atoms with Crippen molar-refractivity contribution in [3.63, 3.8) is 0 Å². The number of carbonyl (C=O) groups is 1. The van der Waals surface area contributed by atoms with Gasteiger partial charge in [0, 0.05) is 39.0 Å². The lowest BCUT2D eigenvalue weighted by atomic mass is 9.83. The van der Waals surface area contributed by atoms with Gasteiger partial charge in [-0.2, -0.15) is 4.98 Å². The fourth-order valence-electron chi connectivity index (χ4n) is 2.69. The maximum absolute atomic E-state index is 12.1. The van der Waals surface area contributed by atoms with Gasteiger partial charge in [-0.05, 0) is 12.8 Å². The Morgan fingerprint density at radius 3 is 2.65 bits per heavy atom. The summed E-state index contributed by atoms with van der Waals surface area (Å²) in [6, 6.07) is 0. The van der Waals surface area contributed by atoms with E-state index in [9.17, 15) is 13.2 Å². The Kier molecular flexibility index (Phi) is 4.41. The zero-order valence-electron chi connectivity index (χ0n) is 13.4. The van der Waals surface area contributed by atoms with Gasteiger partial charge in [0.05, 0.1) is 12.2 Å². The Balaban J connectivity index is 1.48. The largest absolute Gasteiger partial charge is 0.341 e. The van der Waals surface area contributed by atoms with Crippen LogP contribution < -0.4 is 0 Å². The molecule has 128 valence electrons. The Labute approximate surface area is 135 Å². The molecule has 8 nitrogen and oxygen atoms in total. The van der Waals surface area contributed by atoms with E-state index in [1.165, 1.54) is 11.4 Å². The van der Waals surface area contributed by atoms with Crippen molar-refractivity contribution in [2.24, 2.45) is 5.92 Å². The zero-order chi connectivity index (χ0) is 16.6. The van der Waals surface area contributed by atoms with Crippen LogP contribution in [0.4, 0.5) is 0 Å². The fourth-order valence-corrected chi connectivity index (χ4v) is 3.11. The van der Waals surface area contributed by atoms with Gasteiger partial charge in [0.1, 0.15) is 0 Å². The van der Waals surface area contributed by atoms with Crippen molar-refractivity contribution in [2.45, 2.75) is 31.6 Å². The Bertz CT molecular complexity index is 677. The third-order valence-electron chi connectivity index (χ3n) is 4.70. The lowest BCUT2D eigenvalue weighted by Gasteiger charge is -2.41. The number of likely N-dealkylation sites (tertiary alicyclic amines) is 1. The van der Waals surface area contributed by atoms with Crippen molar-refractivity contribution in [1.29, 1.82) is 0 Å². The monoisotopic (exact) mass is 342 g/mol. The Hall–Kier alpha value is -1.48. The van der Waals surface area contributed by atoms with Crippen LogP contribution in [-0.2, 0) is 21.2 Å². The van der Waals surface area contributed by atoms with E-state index < -0.39 is 10.0 Å². The molecular weight excluding hydrogens is 320 g/mol. The SMILES string of the molecule is CN(CCc1noc(C2CN(C(=O)C3CCC3)C2)n1)S(C)(=O)=O. The highest BCUT2D eigenvalue weighted by Crippen LogP contribution is 2.33. The Morgan fingerprint density at radius 1 is 1.39 bits per heavy atom. The van der Waals surface area contributed by atoms with Gasteiger partial charge in [-0.15, -0.1) is 0 Å². The van der Waals surface area contributed by atoms with Gasteiger partial charge in [0.2, 0.25) is 21.8 Å². The molecule has 0 spiro atoms. The summed E-state index contributed by atoms with van der Waals surface area (Å²) in [5.74, 6) is 1.62. The number of carbonyl (C=O) groups excluding carboxylic acids is 1. The van der Waals surface area contributed by atoms with Crippen molar-refractivity contribution in [3.8, 4) is 0 Å². The van der Waals surface area contributed by atoms with Crippen molar-refractivity contribution in [2.75, 3.05) is 32.9 Å². The molecule has 1 saturated heterocycles. The average molecular weight is 342 g/mol. The number of hydrogen-bond donors (Lipinski definition) is 0. The van der Waals surface area contributed by atoms with Crippen LogP contribution >= 0.6 is 0 Å². The minimum absolute atomic E-state index is 0.105. The summed E-state index contributed by atoms with van der Waals surface area (Å²) in [5.41, 5.74) is 0. The first-order valence-corrected chi connectivity index (χ1v) is 9.72. The quantitative estimate of drug-likeness (QED) is 0.734. The first kappa shape index (κ1) is 16.4. The molecule has 3 rings (SSSR count). The molecule has 2 heterocycles. The topological polar surface area (TPSA) is 96.6 Å². The number of amides is 1. The number of nitrogens with zero attached hydrogens (tertiary/aromatic N) is 4. The second kappa shape index (κ2) is 6.20. The van der Waals surface area contributed by atoms with Crippen molar-refractivity contribution >= 4 is 15.9 Å². The molecule has 23 heavy (non-hydrogen) atoms. The third-order valence-corrected chi connectivity index (χ3v) is 6.01. The molecule has 0 atom stereocenters. The van der Waals surface area contributed by atoms with Crippen LogP contribution in [0.2, 0.25) is 0 Å². The standard InChI is InChI=1S/C14H22N4O4S/c1-17(23(2,20)21)7-6-12-15-13(22-16-12)11-8-18(9-11)14(19)10-4-3-5-10/h10-11H,3-9H2,1-2H3. The molecule has 0 aromatic carbocycles. The highest BCUT2D eigenvalue weighted by Gasteiger charge is 2.39. The van der Waals surface area contributed by atoms with Gasteiger partial charge in [0.25, 0.3) is 0 Å². The lowest BCUT2D eigenvalue weighted by molar-refractivity contribution is -0.143. The summed E-state index contributed by atoms with van der Waals surface area (Å²) in [4.78, 5) is 18.2. The molecule has 1 aromatic rings. The predicted molar refractivity (Wildman–Crippen MR) is 82.1 cm³/mol. The lowest BCUT2D eigenvalue weighted by Crippen LogP contribution is -2.51. The number of rotatable bonds is 6. The minimum Gasteiger partial charge on any atom is -0.341 e. The average Bonchev–Trinajstić information content (AvgIpc) is 2.79. The van der Waals surface area contributed by atoms with Crippen LogP contribution in [0.3, 0.4) is 0 Å². The predicted octanol–water partition coefficient (Wildman–Crippen LogP) is 0.229. The summed E-state index contributed by atoms with van der Waals surface area (Å²) in [6.07, 6.45) is 4.75. The maximum atomic E-state index is 12.1. The van der Waals surface area contributed by atoms with E-state index in [0.29, 0.717) is 37.8 Å².